The lowest BCUT2D eigenvalue weighted by Gasteiger charge is -2.20. The maximum atomic E-state index is 12.3. The van der Waals surface area contributed by atoms with Gasteiger partial charge in [0.15, 0.2) is 0 Å². The SMILES string of the molecule is Nc1cc(C(=O)O)cc(C(O)C(O)CNC(=O)OCC2c3ccccc3-c3ccccc32)c1. The molecule has 0 spiro atoms. The highest BCUT2D eigenvalue weighted by Crippen LogP contribution is 2.44. The monoisotopic (exact) mass is 448 g/mol. The van der Waals surface area contributed by atoms with E-state index in [-0.39, 0.29) is 35.9 Å². The maximum Gasteiger partial charge on any atom is 0.407 e. The number of rotatable bonds is 7. The number of nitrogens with one attached hydrogen (secondary N) is 1. The molecule has 6 N–H and O–H groups in total. The van der Waals surface area contributed by atoms with Crippen LogP contribution in [0, 0.1) is 0 Å². The average molecular weight is 448 g/mol. The highest BCUT2D eigenvalue weighted by Gasteiger charge is 2.29. The first-order valence-electron chi connectivity index (χ1n) is 10.4. The third-order valence-corrected chi connectivity index (χ3v) is 5.73. The summed E-state index contributed by atoms with van der Waals surface area (Å²) < 4.78 is 5.40. The quantitative estimate of drug-likeness (QED) is 0.350. The third kappa shape index (κ3) is 4.67. The predicted octanol–water partition coefficient (Wildman–Crippen LogP) is 2.90. The molecule has 0 aliphatic heterocycles. The number of carboxylic acid groups (broad SMARTS) is 1. The Hall–Kier alpha value is -3.88. The molecule has 8 nitrogen and oxygen atoms in total. The molecule has 8 heteroatoms. The van der Waals surface area contributed by atoms with Crippen LogP contribution in [0.2, 0.25) is 0 Å². The second kappa shape index (κ2) is 9.32. The van der Waals surface area contributed by atoms with Crippen molar-refractivity contribution in [1.29, 1.82) is 0 Å². The highest BCUT2D eigenvalue weighted by atomic mass is 16.5. The van der Waals surface area contributed by atoms with E-state index in [2.05, 4.69) is 5.32 Å². The fourth-order valence-corrected chi connectivity index (χ4v) is 4.14. The molecule has 33 heavy (non-hydrogen) atoms. The minimum Gasteiger partial charge on any atom is -0.478 e. The number of aliphatic hydroxyl groups excluding tert-OH is 2. The fourth-order valence-electron chi connectivity index (χ4n) is 4.14. The normalized spacial score (nSPS) is 14.1. The Morgan fingerprint density at radius 3 is 2.18 bits per heavy atom. The van der Waals surface area contributed by atoms with Crippen LogP contribution in [0.4, 0.5) is 10.5 Å². The van der Waals surface area contributed by atoms with Crippen molar-refractivity contribution in [3.8, 4) is 11.1 Å². The summed E-state index contributed by atoms with van der Waals surface area (Å²) in [5.74, 6) is -1.30. The van der Waals surface area contributed by atoms with Crippen molar-refractivity contribution in [3.05, 3.63) is 89.0 Å². The number of fused-ring (bicyclic) bond motifs is 3. The lowest BCUT2D eigenvalue weighted by molar-refractivity contribution is 0.0185. The van der Waals surface area contributed by atoms with Crippen LogP contribution in [0.15, 0.2) is 66.7 Å². The smallest absolute Gasteiger partial charge is 0.407 e. The number of aliphatic hydroxyl groups is 2. The van der Waals surface area contributed by atoms with Crippen LogP contribution < -0.4 is 11.1 Å². The van der Waals surface area contributed by atoms with Gasteiger partial charge in [-0.2, -0.15) is 0 Å². The van der Waals surface area contributed by atoms with E-state index in [4.69, 9.17) is 15.6 Å². The zero-order valence-corrected chi connectivity index (χ0v) is 17.6. The zero-order chi connectivity index (χ0) is 23.5. The Bertz CT molecular complexity index is 1150. The summed E-state index contributed by atoms with van der Waals surface area (Å²) in [7, 11) is 0. The molecule has 0 bridgehead atoms. The number of ether oxygens (including phenoxy) is 1. The van der Waals surface area contributed by atoms with Crippen molar-refractivity contribution in [2.24, 2.45) is 0 Å². The van der Waals surface area contributed by atoms with Crippen molar-refractivity contribution in [3.63, 3.8) is 0 Å². The number of carbonyl (C=O) groups excluding carboxylic acids is 1. The minimum atomic E-state index is -1.44. The summed E-state index contributed by atoms with van der Waals surface area (Å²) in [5, 5.41) is 32.2. The molecular formula is C25H24N2O6. The number of carboxylic acids is 1. The topological polar surface area (TPSA) is 142 Å². The van der Waals surface area contributed by atoms with Crippen molar-refractivity contribution in [2.75, 3.05) is 18.9 Å². The molecule has 170 valence electrons. The zero-order valence-electron chi connectivity index (χ0n) is 17.6. The van der Waals surface area contributed by atoms with Gasteiger partial charge in [0.1, 0.15) is 18.8 Å². The van der Waals surface area contributed by atoms with Gasteiger partial charge in [-0.05, 0) is 46.0 Å². The largest absolute Gasteiger partial charge is 0.478 e. The molecule has 1 amide bonds. The Balaban J connectivity index is 1.35. The summed E-state index contributed by atoms with van der Waals surface area (Å²) in [6.45, 7) is -0.176. The van der Waals surface area contributed by atoms with Gasteiger partial charge in [-0.25, -0.2) is 9.59 Å². The second-order valence-electron chi connectivity index (χ2n) is 7.91. The first kappa shape index (κ1) is 22.3. The number of aromatic carboxylic acids is 1. The van der Waals surface area contributed by atoms with Crippen LogP contribution >= 0.6 is 0 Å². The van der Waals surface area contributed by atoms with Gasteiger partial charge in [0.25, 0.3) is 0 Å². The molecule has 3 aromatic rings. The summed E-state index contributed by atoms with van der Waals surface area (Å²) in [6.07, 6.45) is -3.57. The predicted molar refractivity (Wildman–Crippen MR) is 122 cm³/mol. The van der Waals surface area contributed by atoms with E-state index >= 15 is 0 Å². The molecule has 1 aliphatic carbocycles. The standard InChI is InChI=1S/C25H24N2O6/c26-16-10-14(9-15(11-16)24(30)31)23(29)22(28)12-27-25(32)33-13-21-19-7-3-1-5-17(19)18-6-2-4-8-20(18)21/h1-11,21-23,28-29H,12-13,26H2,(H,27,32)(H,30,31). The molecule has 0 fully saturated rings. The molecule has 2 atom stereocenters. The van der Waals surface area contributed by atoms with Gasteiger partial charge in [0.2, 0.25) is 0 Å². The van der Waals surface area contributed by atoms with E-state index < -0.39 is 24.3 Å². The molecule has 3 aromatic carbocycles. The van der Waals surface area contributed by atoms with Gasteiger partial charge in [-0.3, -0.25) is 0 Å². The van der Waals surface area contributed by atoms with Crippen molar-refractivity contribution >= 4 is 17.7 Å². The summed E-state index contributed by atoms with van der Waals surface area (Å²) in [5.41, 5.74) is 10.2. The average Bonchev–Trinajstić information content (AvgIpc) is 3.14. The molecule has 0 saturated heterocycles. The van der Waals surface area contributed by atoms with Crippen molar-refractivity contribution < 1.29 is 29.6 Å². The van der Waals surface area contributed by atoms with Gasteiger partial charge in [-0.15, -0.1) is 0 Å². The highest BCUT2D eigenvalue weighted by molar-refractivity contribution is 5.89. The van der Waals surface area contributed by atoms with Crippen molar-refractivity contribution in [1.82, 2.24) is 5.32 Å². The first-order chi connectivity index (χ1) is 15.8. The Kier molecular flexibility index (Phi) is 6.30. The van der Waals surface area contributed by atoms with E-state index in [1.165, 1.54) is 18.2 Å². The van der Waals surface area contributed by atoms with Crippen LogP contribution in [0.25, 0.3) is 11.1 Å². The van der Waals surface area contributed by atoms with Gasteiger partial charge < -0.3 is 31.1 Å². The molecule has 2 unspecified atom stereocenters. The van der Waals surface area contributed by atoms with Gasteiger partial charge in [-0.1, -0.05) is 48.5 Å². The lowest BCUT2D eigenvalue weighted by Crippen LogP contribution is -2.36. The number of benzene rings is 3. The number of nitrogen functional groups attached to an aromatic ring is 1. The minimum absolute atomic E-state index is 0.0969. The number of anilines is 1. The van der Waals surface area contributed by atoms with Gasteiger partial charge in [0, 0.05) is 18.2 Å². The molecular weight excluding hydrogens is 424 g/mol. The van der Waals surface area contributed by atoms with E-state index in [0.29, 0.717) is 0 Å². The van der Waals surface area contributed by atoms with Crippen LogP contribution in [0.3, 0.4) is 0 Å². The maximum absolute atomic E-state index is 12.3. The molecule has 0 heterocycles. The van der Waals surface area contributed by atoms with Crippen molar-refractivity contribution in [2.45, 2.75) is 18.1 Å². The first-order valence-corrected chi connectivity index (χ1v) is 10.4. The van der Waals surface area contributed by atoms with E-state index in [1.807, 2.05) is 48.5 Å². The summed E-state index contributed by atoms with van der Waals surface area (Å²) in [6, 6.07) is 19.8. The summed E-state index contributed by atoms with van der Waals surface area (Å²) >= 11 is 0. The molecule has 0 aromatic heterocycles. The Labute approximate surface area is 190 Å². The Morgan fingerprint density at radius 2 is 1.58 bits per heavy atom. The Morgan fingerprint density at radius 1 is 0.970 bits per heavy atom. The number of hydrogen-bond acceptors (Lipinski definition) is 6. The molecule has 0 saturated carbocycles. The summed E-state index contributed by atoms with van der Waals surface area (Å²) in [4.78, 5) is 23.4. The van der Waals surface area contributed by atoms with Gasteiger partial charge in [0.05, 0.1) is 5.56 Å². The number of hydrogen-bond donors (Lipinski definition) is 5. The van der Waals surface area contributed by atoms with E-state index in [1.54, 1.807) is 0 Å². The van der Waals surface area contributed by atoms with E-state index in [9.17, 15) is 19.8 Å². The lowest BCUT2D eigenvalue weighted by atomic mass is 9.98. The van der Waals surface area contributed by atoms with Gasteiger partial charge >= 0.3 is 12.1 Å². The number of alkyl carbamates (subject to hydrolysis) is 1. The van der Waals surface area contributed by atoms with Crippen LogP contribution in [0.5, 0.6) is 0 Å². The van der Waals surface area contributed by atoms with E-state index in [0.717, 1.165) is 22.3 Å². The number of nitrogens with two attached hydrogens (primary N) is 1. The number of amides is 1. The van der Waals surface area contributed by atoms with Crippen LogP contribution in [-0.4, -0.2) is 46.6 Å². The van der Waals surface area contributed by atoms with Crippen LogP contribution in [-0.2, 0) is 4.74 Å². The number of carbonyl (C=O) groups is 2. The second-order valence-corrected chi connectivity index (χ2v) is 7.91. The third-order valence-electron chi connectivity index (χ3n) is 5.73. The molecule has 4 rings (SSSR count). The van der Waals surface area contributed by atoms with Crippen LogP contribution in [0.1, 0.15) is 39.1 Å². The fraction of sp³-hybridized carbons (Fsp3) is 0.200. The molecule has 0 radical (unpaired) electrons. The molecule has 1 aliphatic rings.